The second-order valence-electron chi connectivity index (χ2n) is 5.28. The van der Waals surface area contributed by atoms with Crippen LogP contribution in [-0.4, -0.2) is 23.6 Å². The largest absolute Gasteiger partial charge is 0.496 e. The minimum atomic E-state index is 0.279. The van der Waals surface area contributed by atoms with Gasteiger partial charge in [-0.15, -0.1) is 0 Å². The predicted molar refractivity (Wildman–Crippen MR) is 86.9 cm³/mol. The molecular formula is C17H23N3O. The highest BCUT2D eigenvalue weighted by Crippen LogP contribution is 2.30. The molecule has 0 amide bonds. The molecule has 4 nitrogen and oxygen atoms in total. The van der Waals surface area contributed by atoms with E-state index < -0.39 is 0 Å². The van der Waals surface area contributed by atoms with E-state index >= 15 is 0 Å². The molecule has 2 aromatic rings. The van der Waals surface area contributed by atoms with E-state index in [2.05, 4.69) is 36.1 Å². The molecule has 21 heavy (non-hydrogen) atoms. The molecule has 1 heterocycles. The summed E-state index contributed by atoms with van der Waals surface area (Å²) in [7, 11) is 1.68. The molecule has 4 heteroatoms. The molecule has 0 fully saturated rings. The maximum atomic E-state index is 5.44. The van der Waals surface area contributed by atoms with E-state index in [0.717, 1.165) is 41.6 Å². The van der Waals surface area contributed by atoms with Crippen LogP contribution in [0, 0.1) is 0 Å². The van der Waals surface area contributed by atoms with Crippen molar-refractivity contribution < 1.29 is 4.74 Å². The number of nitrogens with one attached hydrogen (secondary N) is 1. The molecule has 0 spiro atoms. The van der Waals surface area contributed by atoms with Gasteiger partial charge in [0.15, 0.2) is 0 Å². The number of para-hydroxylation sites is 1. The first-order chi connectivity index (χ1) is 10.2. The fraction of sp³-hybridized carbons (Fsp3) is 0.412. The molecule has 1 aromatic carbocycles. The zero-order valence-corrected chi connectivity index (χ0v) is 13.2. The average Bonchev–Trinajstić information content (AvgIpc) is 2.52. The lowest BCUT2D eigenvalue weighted by atomic mass is 10.1. The van der Waals surface area contributed by atoms with Crippen LogP contribution in [0.4, 0.5) is 5.82 Å². The van der Waals surface area contributed by atoms with Crippen molar-refractivity contribution in [2.45, 2.75) is 33.1 Å². The van der Waals surface area contributed by atoms with Crippen molar-refractivity contribution in [1.29, 1.82) is 0 Å². The molecule has 0 saturated carbocycles. The Hall–Kier alpha value is -2.10. The molecule has 2 rings (SSSR count). The summed E-state index contributed by atoms with van der Waals surface area (Å²) >= 11 is 0. The smallest absolute Gasteiger partial charge is 0.133 e. The van der Waals surface area contributed by atoms with Gasteiger partial charge >= 0.3 is 0 Å². The first-order valence-corrected chi connectivity index (χ1v) is 7.42. The van der Waals surface area contributed by atoms with Crippen LogP contribution in [0.3, 0.4) is 0 Å². The number of hydrogen-bond donors (Lipinski definition) is 1. The number of hydrogen-bond acceptors (Lipinski definition) is 4. The van der Waals surface area contributed by atoms with E-state index in [4.69, 9.17) is 4.74 Å². The summed E-state index contributed by atoms with van der Waals surface area (Å²) in [5.41, 5.74) is 1.88. The summed E-state index contributed by atoms with van der Waals surface area (Å²) < 4.78 is 5.44. The van der Waals surface area contributed by atoms with Crippen molar-refractivity contribution in [1.82, 2.24) is 9.97 Å². The standard InChI is InChI=1S/C17H23N3O/c1-5-10-18-16-11-14(19-17(20-16)12(2)3)13-8-6-7-9-15(13)21-4/h6-9,11-12H,5,10H2,1-4H3,(H,18,19,20). The van der Waals surface area contributed by atoms with Crippen molar-refractivity contribution in [3.8, 4) is 17.0 Å². The zero-order valence-electron chi connectivity index (χ0n) is 13.2. The first-order valence-electron chi connectivity index (χ1n) is 7.42. The van der Waals surface area contributed by atoms with Gasteiger partial charge in [0.25, 0.3) is 0 Å². The Balaban J connectivity index is 2.48. The molecular weight excluding hydrogens is 262 g/mol. The second-order valence-corrected chi connectivity index (χ2v) is 5.28. The summed E-state index contributed by atoms with van der Waals surface area (Å²) in [5.74, 6) is 2.82. The van der Waals surface area contributed by atoms with Gasteiger partial charge in [0.1, 0.15) is 17.4 Å². The number of rotatable bonds is 6. The quantitative estimate of drug-likeness (QED) is 0.868. The van der Waals surface area contributed by atoms with Crippen molar-refractivity contribution in [3.05, 3.63) is 36.2 Å². The first kappa shape index (κ1) is 15.3. The lowest BCUT2D eigenvalue weighted by molar-refractivity contribution is 0.416. The van der Waals surface area contributed by atoms with Crippen LogP contribution in [-0.2, 0) is 0 Å². The molecule has 0 radical (unpaired) electrons. The van der Waals surface area contributed by atoms with Gasteiger partial charge in [-0.25, -0.2) is 9.97 Å². The second kappa shape index (κ2) is 7.07. The van der Waals surface area contributed by atoms with E-state index in [-0.39, 0.29) is 5.92 Å². The van der Waals surface area contributed by atoms with Gasteiger partial charge < -0.3 is 10.1 Å². The van der Waals surface area contributed by atoms with Gasteiger partial charge in [0, 0.05) is 24.1 Å². The predicted octanol–water partition coefficient (Wildman–Crippen LogP) is 4.10. The highest BCUT2D eigenvalue weighted by molar-refractivity contribution is 5.69. The third kappa shape index (κ3) is 3.72. The molecule has 0 atom stereocenters. The maximum absolute atomic E-state index is 5.44. The SMILES string of the molecule is CCCNc1cc(-c2ccccc2OC)nc(C(C)C)n1. The number of methoxy groups -OCH3 is 1. The summed E-state index contributed by atoms with van der Waals surface area (Å²) in [6.07, 6.45) is 1.06. The molecule has 1 aromatic heterocycles. The molecule has 0 unspecified atom stereocenters. The van der Waals surface area contributed by atoms with Crippen LogP contribution < -0.4 is 10.1 Å². The molecule has 0 aliphatic rings. The van der Waals surface area contributed by atoms with Crippen LogP contribution in [0.5, 0.6) is 5.75 Å². The van der Waals surface area contributed by atoms with Gasteiger partial charge in [-0.1, -0.05) is 32.9 Å². The lowest BCUT2D eigenvalue weighted by Gasteiger charge is -2.13. The van der Waals surface area contributed by atoms with Gasteiger partial charge in [0.05, 0.1) is 12.8 Å². The average molecular weight is 285 g/mol. The Bertz CT molecular complexity index is 596. The minimum Gasteiger partial charge on any atom is -0.496 e. The van der Waals surface area contributed by atoms with Crippen LogP contribution >= 0.6 is 0 Å². The highest BCUT2D eigenvalue weighted by atomic mass is 16.5. The van der Waals surface area contributed by atoms with E-state index in [9.17, 15) is 0 Å². The summed E-state index contributed by atoms with van der Waals surface area (Å²) in [5, 5.41) is 3.35. The molecule has 0 aliphatic heterocycles. The summed E-state index contributed by atoms with van der Waals surface area (Å²) in [6, 6.07) is 9.91. The van der Waals surface area contributed by atoms with Gasteiger partial charge in [0.2, 0.25) is 0 Å². The molecule has 0 saturated heterocycles. The van der Waals surface area contributed by atoms with E-state index in [1.54, 1.807) is 7.11 Å². The molecule has 112 valence electrons. The minimum absolute atomic E-state index is 0.279. The van der Waals surface area contributed by atoms with Crippen molar-refractivity contribution in [2.24, 2.45) is 0 Å². The molecule has 0 bridgehead atoms. The van der Waals surface area contributed by atoms with Gasteiger partial charge in [-0.3, -0.25) is 0 Å². The molecule has 1 N–H and O–H groups in total. The number of anilines is 1. The maximum Gasteiger partial charge on any atom is 0.133 e. The fourth-order valence-corrected chi connectivity index (χ4v) is 2.06. The monoisotopic (exact) mass is 285 g/mol. The van der Waals surface area contributed by atoms with Crippen LogP contribution in [0.1, 0.15) is 38.9 Å². The number of ether oxygens (including phenoxy) is 1. The summed E-state index contributed by atoms with van der Waals surface area (Å²) in [4.78, 5) is 9.28. The van der Waals surface area contributed by atoms with E-state index in [0.29, 0.717) is 0 Å². The lowest BCUT2D eigenvalue weighted by Crippen LogP contribution is -2.07. The normalized spacial score (nSPS) is 10.7. The van der Waals surface area contributed by atoms with Gasteiger partial charge in [-0.05, 0) is 18.6 Å². The van der Waals surface area contributed by atoms with Crippen LogP contribution in [0.15, 0.2) is 30.3 Å². The number of nitrogens with zero attached hydrogens (tertiary/aromatic N) is 2. The third-order valence-corrected chi connectivity index (χ3v) is 3.20. The number of benzene rings is 1. The molecule has 0 aliphatic carbocycles. The Morgan fingerprint density at radius 1 is 1.19 bits per heavy atom. The Morgan fingerprint density at radius 2 is 1.95 bits per heavy atom. The Kier molecular flexibility index (Phi) is 5.14. The third-order valence-electron chi connectivity index (χ3n) is 3.20. The van der Waals surface area contributed by atoms with Crippen molar-refractivity contribution >= 4 is 5.82 Å². The van der Waals surface area contributed by atoms with Crippen molar-refractivity contribution in [2.75, 3.05) is 19.0 Å². The topological polar surface area (TPSA) is 47.0 Å². The van der Waals surface area contributed by atoms with Gasteiger partial charge in [-0.2, -0.15) is 0 Å². The van der Waals surface area contributed by atoms with Crippen LogP contribution in [0.2, 0.25) is 0 Å². The van der Waals surface area contributed by atoms with E-state index in [1.807, 2.05) is 30.3 Å². The van der Waals surface area contributed by atoms with Crippen LogP contribution in [0.25, 0.3) is 11.3 Å². The zero-order chi connectivity index (χ0) is 15.2. The summed E-state index contributed by atoms with van der Waals surface area (Å²) in [6.45, 7) is 7.24. The van der Waals surface area contributed by atoms with Crippen molar-refractivity contribution in [3.63, 3.8) is 0 Å². The Labute approximate surface area is 126 Å². The van der Waals surface area contributed by atoms with E-state index in [1.165, 1.54) is 0 Å². The highest BCUT2D eigenvalue weighted by Gasteiger charge is 2.12. The number of aromatic nitrogens is 2. The Morgan fingerprint density at radius 3 is 2.62 bits per heavy atom. The fourth-order valence-electron chi connectivity index (χ4n) is 2.06.